The lowest BCUT2D eigenvalue weighted by atomic mass is 10.3. The second-order valence-corrected chi connectivity index (χ2v) is 3.96. The molecule has 0 aliphatic carbocycles. The molecule has 0 saturated carbocycles. The largest absolute Gasteiger partial charge is 0.465 e. The monoisotopic (exact) mass is 276 g/mol. The van der Waals surface area contributed by atoms with Crippen LogP contribution >= 0.6 is 0 Å². The zero-order valence-electron chi connectivity index (χ0n) is 10.7. The van der Waals surface area contributed by atoms with E-state index in [2.05, 4.69) is 4.74 Å². The fourth-order valence-electron chi connectivity index (χ4n) is 1.79. The van der Waals surface area contributed by atoms with Gasteiger partial charge in [0.15, 0.2) is 0 Å². The van der Waals surface area contributed by atoms with Gasteiger partial charge in [-0.05, 0) is 19.1 Å². The normalized spacial score (nSPS) is 14.9. The van der Waals surface area contributed by atoms with E-state index in [0.717, 1.165) is 4.90 Å². The van der Waals surface area contributed by atoms with Gasteiger partial charge in [-0.2, -0.15) is 0 Å². The fraction of sp³-hybridized carbons (Fsp3) is 0.231. The molecule has 1 aromatic carbocycles. The Hall–Kier alpha value is -2.70. The van der Waals surface area contributed by atoms with Crippen molar-refractivity contribution >= 4 is 29.5 Å². The molecule has 20 heavy (non-hydrogen) atoms. The van der Waals surface area contributed by atoms with Crippen molar-refractivity contribution in [3.05, 3.63) is 30.3 Å². The van der Waals surface area contributed by atoms with Crippen LogP contribution in [0.3, 0.4) is 0 Å². The van der Waals surface area contributed by atoms with Gasteiger partial charge in [0.1, 0.15) is 6.54 Å². The Labute approximate surface area is 114 Å². The Bertz CT molecular complexity index is 569. The van der Waals surface area contributed by atoms with Crippen molar-refractivity contribution in [2.24, 2.45) is 0 Å². The molecule has 1 heterocycles. The Balaban J connectivity index is 2.23. The maximum Gasteiger partial charge on any atom is 0.339 e. The molecule has 1 aliphatic rings. The number of hydrogen-bond donors (Lipinski definition) is 0. The van der Waals surface area contributed by atoms with Crippen LogP contribution in [-0.2, 0) is 19.1 Å². The Morgan fingerprint density at radius 2 is 1.75 bits per heavy atom. The molecule has 4 amide bonds. The molecule has 7 nitrogen and oxygen atoms in total. The summed E-state index contributed by atoms with van der Waals surface area (Å²) in [5.74, 6) is -2.76. The minimum Gasteiger partial charge on any atom is -0.465 e. The average molecular weight is 276 g/mol. The van der Waals surface area contributed by atoms with Gasteiger partial charge in [0, 0.05) is 0 Å². The molecule has 0 atom stereocenters. The molecule has 0 unspecified atom stereocenters. The number of nitrogens with zero attached hydrogens (tertiary/aromatic N) is 2. The molecule has 0 radical (unpaired) electrons. The summed E-state index contributed by atoms with van der Waals surface area (Å²) in [6.07, 6.45) is 0. The van der Waals surface area contributed by atoms with Gasteiger partial charge < -0.3 is 4.74 Å². The third kappa shape index (κ3) is 2.37. The third-order valence-corrected chi connectivity index (χ3v) is 2.66. The fourth-order valence-corrected chi connectivity index (χ4v) is 1.79. The minimum absolute atomic E-state index is 0.130. The number of para-hydroxylation sites is 1. The number of anilines is 1. The van der Waals surface area contributed by atoms with Crippen LogP contribution in [0.5, 0.6) is 0 Å². The lowest BCUT2D eigenvalue weighted by Crippen LogP contribution is -2.37. The number of benzene rings is 1. The van der Waals surface area contributed by atoms with E-state index in [1.165, 1.54) is 12.1 Å². The van der Waals surface area contributed by atoms with Gasteiger partial charge in [0.2, 0.25) is 0 Å². The number of imide groups is 2. The van der Waals surface area contributed by atoms with E-state index in [0.29, 0.717) is 4.90 Å². The molecule has 2 rings (SSSR count). The SMILES string of the molecule is CCOC(=O)CN1C(=O)C(=O)N(c2ccccc2)C1=O. The lowest BCUT2D eigenvalue weighted by Gasteiger charge is -2.14. The maximum atomic E-state index is 12.1. The van der Waals surface area contributed by atoms with Crippen LogP contribution < -0.4 is 4.90 Å². The van der Waals surface area contributed by atoms with E-state index >= 15 is 0 Å². The van der Waals surface area contributed by atoms with E-state index in [9.17, 15) is 19.2 Å². The summed E-state index contributed by atoms with van der Waals surface area (Å²) in [5, 5.41) is 0. The summed E-state index contributed by atoms with van der Waals surface area (Å²) < 4.78 is 4.66. The van der Waals surface area contributed by atoms with Crippen molar-refractivity contribution in [1.29, 1.82) is 0 Å². The Morgan fingerprint density at radius 1 is 1.10 bits per heavy atom. The van der Waals surface area contributed by atoms with Gasteiger partial charge in [-0.3, -0.25) is 14.4 Å². The summed E-state index contributed by atoms with van der Waals surface area (Å²) in [6, 6.07) is 7.18. The van der Waals surface area contributed by atoms with Crippen LogP contribution in [0.2, 0.25) is 0 Å². The van der Waals surface area contributed by atoms with Gasteiger partial charge in [0.25, 0.3) is 0 Å². The smallest absolute Gasteiger partial charge is 0.339 e. The first-order valence-corrected chi connectivity index (χ1v) is 5.96. The molecule has 1 aliphatic heterocycles. The maximum absolute atomic E-state index is 12.1. The van der Waals surface area contributed by atoms with Crippen LogP contribution in [-0.4, -0.2) is 41.9 Å². The van der Waals surface area contributed by atoms with E-state index in [-0.39, 0.29) is 12.3 Å². The number of rotatable bonds is 4. The van der Waals surface area contributed by atoms with Crippen molar-refractivity contribution in [2.45, 2.75) is 6.92 Å². The molecule has 104 valence electrons. The van der Waals surface area contributed by atoms with Crippen LogP contribution in [0.25, 0.3) is 0 Å². The van der Waals surface area contributed by atoms with Crippen molar-refractivity contribution in [1.82, 2.24) is 4.90 Å². The summed E-state index contributed by atoms with van der Waals surface area (Å²) in [5.41, 5.74) is 0.280. The molecule has 0 aromatic heterocycles. The van der Waals surface area contributed by atoms with Crippen molar-refractivity contribution < 1.29 is 23.9 Å². The van der Waals surface area contributed by atoms with E-state index in [1.54, 1.807) is 25.1 Å². The number of urea groups is 1. The highest BCUT2D eigenvalue weighted by molar-refractivity contribution is 6.53. The predicted molar refractivity (Wildman–Crippen MR) is 67.7 cm³/mol. The number of ether oxygens (including phenoxy) is 1. The number of hydrogen-bond acceptors (Lipinski definition) is 5. The summed E-state index contributed by atoms with van der Waals surface area (Å²) >= 11 is 0. The van der Waals surface area contributed by atoms with Crippen LogP contribution in [0, 0.1) is 0 Å². The van der Waals surface area contributed by atoms with Crippen molar-refractivity contribution in [3.63, 3.8) is 0 Å². The third-order valence-electron chi connectivity index (χ3n) is 2.66. The van der Waals surface area contributed by atoms with Gasteiger partial charge in [-0.25, -0.2) is 14.6 Å². The molecule has 0 N–H and O–H groups in total. The van der Waals surface area contributed by atoms with Crippen LogP contribution in [0.15, 0.2) is 30.3 Å². The van der Waals surface area contributed by atoms with Crippen molar-refractivity contribution in [2.75, 3.05) is 18.1 Å². The quantitative estimate of drug-likeness (QED) is 0.455. The molecule has 1 aromatic rings. The molecule has 7 heteroatoms. The highest BCUT2D eigenvalue weighted by Crippen LogP contribution is 2.21. The highest BCUT2D eigenvalue weighted by Gasteiger charge is 2.46. The summed E-state index contributed by atoms with van der Waals surface area (Å²) in [7, 11) is 0. The zero-order chi connectivity index (χ0) is 14.7. The summed E-state index contributed by atoms with van der Waals surface area (Å²) in [6.45, 7) is 1.17. The van der Waals surface area contributed by atoms with Gasteiger partial charge in [-0.15, -0.1) is 0 Å². The summed E-state index contributed by atoms with van der Waals surface area (Å²) in [4.78, 5) is 48.3. The van der Waals surface area contributed by atoms with E-state index < -0.39 is 30.4 Å². The molecular weight excluding hydrogens is 264 g/mol. The first-order valence-electron chi connectivity index (χ1n) is 5.96. The number of carbonyl (C=O) groups excluding carboxylic acids is 4. The lowest BCUT2D eigenvalue weighted by molar-refractivity contribution is -0.148. The average Bonchev–Trinajstić information content (AvgIpc) is 2.64. The molecular formula is C13H12N2O5. The Kier molecular flexibility index (Phi) is 3.79. The molecule has 1 fully saturated rings. The second-order valence-electron chi connectivity index (χ2n) is 3.96. The first-order chi connectivity index (χ1) is 9.56. The second kappa shape index (κ2) is 5.52. The standard InChI is InChI=1S/C13H12N2O5/c1-2-20-10(16)8-14-11(17)12(18)15(13(14)19)9-6-4-3-5-7-9/h3-7H,2,8H2,1H3. The molecule has 1 saturated heterocycles. The number of amides is 4. The zero-order valence-corrected chi connectivity index (χ0v) is 10.7. The molecule has 0 spiro atoms. The van der Waals surface area contributed by atoms with Crippen molar-refractivity contribution in [3.8, 4) is 0 Å². The highest BCUT2D eigenvalue weighted by atomic mass is 16.5. The van der Waals surface area contributed by atoms with Crippen LogP contribution in [0.4, 0.5) is 10.5 Å². The van der Waals surface area contributed by atoms with Gasteiger partial charge in [0.05, 0.1) is 12.3 Å². The first kappa shape index (κ1) is 13.7. The predicted octanol–water partition coefficient (Wildman–Crippen LogP) is 0.545. The number of esters is 1. The molecule has 0 bridgehead atoms. The topological polar surface area (TPSA) is 84.0 Å². The van der Waals surface area contributed by atoms with E-state index in [1.807, 2.05) is 0 Å². The van der Waals surface area contributed by atoms with Gasteiger partial charge in [-0.1, -0.05) is 18.2 Å². The van der Waals surface area contributed by atoms with E-state index in [4.69, 9.17) is 0 Å². The Morgan fingerprint density at radius 3 is 2.35 bits per heavy atom. The van der Waals surface area contributed by atoms with Crippen LogP contribution in [0.1, 0.15) is 6.92 Å². The number of carbonyl (C=O) groups is 4. The van der Waals surface area contributed by atoms with Gasteiger partial charge >= 0.3 is 23.8 Å². The minimum atomic E-state index is -1.04.